The number of hydrogen-bond donors (Lipinski definition) is 1. The van der Waals surface area contributed by atoms with Crippen LogP contribution in [-0.4, -0.2) is 52.7 Å². The SMILES string of the molecule is CN1CCN(NCc2csnn2)CC1. The van der Waals surface area contributed by atoms with Crippen molar-refractivity contribution >= 4 is 11.5 Å². The van der Waals surface area contributed by atoms with Crippen molar-refractivity contribution in [3.63, 3.8) is 0 Å². The second kappa shape index (κ2) is 4.79. The maximum Gasteiger partial charge on any atom is 0.0907 e. The van der Waals surface area contributed by atoms with Gasteiger partial charge in [0.05, 0.1) is 12.2 Å². The zero-order valence-electron chi connectivity index (χ0n) is 8.31. The Morgan fingerprint density at radius 2 is 2.21 bits per heavy atom. The molecule has 0 bridgehead atoms. The molecule has 1 aliphatic rings. The molecule has 0 amide bonds. The van der Waals surface area contributed by atoms with E-state index in [1.165, 1.54) is 11.5 Å². The average molecular weight is 213 g/mol. The first-order chi connectivity index (χ1) is 6.84. The van der Waals surface area contributed by atoms with Crippen LogP contribution in [0.2, 0.25) is 0 Å². The van der Waals surface area contributed by atoms with Gasteiger partial charge in [0.2, 0.25) is 0 Å². The van der Waals surface area contributed by atoms with Gasteiger partial charge in [-0.3, -0.25) is 0 Å². The highest BCUT2D eigenvalue weighted by atomic mass is 32.1. The molecule has 0 spiro atoms. The molecule has 0 aliphatic carbocycles. The smallest absolute Gasteiger partial charge is 0.0907 e. The molecule has 5 nitrogen and oxygen atoms in total. The van der Waals surface area contributed by atoms with Gasteiger partial charge in [0.15, 0.2) is 0 Å². The summed E-state index contributed by atoms with van der Waals surface area (Å²) >= 11 is 1.40. The Kier molecular flexibility index (Phi) is 3.41. The molecule has 6 heteroatoms. The standard InChI is InChI=1S/C8H15N5S/c1-12-2-4-13(5-3-12)9-6-8-7-14-11-10-8/h7,9H,2-6H2,1H3. The third-order valence-electron chi connectivity index (χ3n) is 2.39. The van der Waals surface area contributed by atoms with E-state index in [1.807, 2.05) is 5.38 Å². The Balaban J connectivity index is 1.71. The summed E-state index contributed by atoms with van der Waals surface area (Å²) in [6, 6.07) is 0. The van der Waals surface area contributed by atoms with Crippen LogP contribution in [-0.2, 0) is 6.54 Å². The Morgan fingerprint density at radius 1 is 1.43 bits per heavy atom. The molecule has 0 aromatic carbocycles. The lowest BCUT2D eigenvalue weighted by atomic mass is 10.4. The van der Waals surface area contributed by atoms with E-state index in [0.29, 0.717) is 0 Å². The summed E-state index contributed by atoms with van der Waals surface area (Å²) < 4.78 is 3.82. The molecule has 14 heavy (non-hydrogen) atoms. The van der Waals surface area contributed by atoms with Crippen molar-refractivity contribution in [2.75, 3.05) is 33.2 Å². The van der Waals surface area contributed by atoms with Crippen LogP contribution in [0.4, 0.5) is 0 Å². The number of aromatic nitrogens is 2. The van der Waals surface area contributed by atoms with E-state index in [0.717, 1.165) is 38.4 Å². The lowest BCUT2D eigenvalue weighted by molar-refractivity contribution is 0.101. The summed E-state index contributed by atoms with van der Waals surface area (Å²) in [6.07, 6.45) is 0. The van der Waals surface area contributed by atoms with Crippen LogP contribution in [0.15, 0.2) is 5.38 Å². The van der Waals surface area contributed by atoms with Crippen LogP contribution in [0.1, 0.15) is 5.69 Å². The predicted molar refractivity (Wildman–Crippen MR) is 55.8 cm³/mol. The monoisotopic (exact) mass is 213 g/mol. The van der Waals surface area contributed by atoms with E-state index < -0.39 is 0 Å². The van der Waals surface area contributed by atoms with Gasteiger partial charge in [0.1, 0.15) is 0 Å². The number of piperazine rings is 1. The molecule has 1 fully saturated rings. The normalized spacial score (nSPS) is 20.1. The Morgan fingerprint density at radius 3 is 2.86 bits per heavy atom. The molecule has 1 saturated heterocycles. The van der Waals surface area contributed by atoms with E-state index >= 15 is 0 Å². The fourth-order valence-corrected chi connectivity index (χ4v) is 1.87. The minimum atomic E-state index is 0.792. The second-order valence-electron chi connectivity index (χ2n) is 3.52. The molecule has 1 aromatic heterocycles. The molecule has 1 aliphatic heterocycles. The molecule has 0 saturated carbocycles. The quantitative estimate of drug-likeness (QED) is 0.752. The van der Waals surface area contributed by atoms with Crippen molar-refractivity contribution in [3.05, 3.63) is 11.1 Å². The first kappa shape index (κ1) is 9.97. The summed E-state index contributed by atoms with van der Waals surface area (Å²) in [5.74, 6) is 0. The maximum absolute atomic E-state index is 3.98. The van der Waals surface area contributed by atoms with Gasteiger partial charge in [0, 0.05) is 31.6 Å². The average Bonchev–Trinajstić information content (AvgIpc) is 2.70. The lowest BCUT2D eigenvalue weighted by Gasteiger charge is -2.32. The van der Waals surface area contributed by atoms with Crippen LogP contribution >= 0.6 is 11.5 Å². The number of likely N-dealkylation sites (N-methyl/N-ethyl adjacent to an activating group) is 1. The maximum atomic E-state index is 3.98. The second-order valence-corrected chi connectivity index (χ2v) is 4.13. The minimum absolute atomic E-state index is 0.792. The van der Waals surface area contributed by atoms with E-state index in [-0.39, 0.29) is 0 Å². The first-order valence-electron chi connectivity index (χ1n) is 4.77. The van der Waals surface area contributed by atoms with Gasteiger partial charge < -0.3 is 4.90 Å². The molecule has 1 aromatic rings. The van der Waals surface area contributed by atoms with Gasteiger partial charge in [0.25, 0.3) is 0 Å². The number of nitrogens with zero attached hydrogens (tertiary/aromatic N) is 4. The Labute approximate surface area is 87.8 Å². The van der Waals surface area contributed by atoms with E-state index in [2.05, 4.69) is 32.0 Å². The summed E-state index contributed by atoms with van der Waals surface area (Å²) in [4.78, 5) is 2.34. The highest BCUT2D eigenvalue weighted by Crippen LogP contribution is 1.99. The van der Waals surface area contributed by atoms with Crippen LogP contribution in [0.25, 0.3) is 0 Å². The van der Waals surface area contributed by atoms with E-state index in [9.17, 15) is 0 Å². The summed E-state index contributed by atoms with van der Waals surface area (Å²) in [5, 5.41) is 8.21. The molecule has 1 N–H and O–H groups in total. The first-order valence-corrected chi connectivity index (χ1v) is 5.61. The van der Waals surface area contributed by atoms with Crippen molar-refractivity contribution in [2.45, 2.75) is 6.54 Å². The van der Waals surface area contributed by atoms with Crippen molar-refractivity contribution in [2.24, 2.45) is 0 Å². The molecular formula is C8H15N5S. The molecule has 0 unspecified atom stereocenters. The Hall–Kier alpha value is -0.560. The third kappa shape index (κ3) is 2.71. The fourth-order valence-electron chi connectivity index (χ4n) is 1.42. The van der Waals surface area contributed by atoms with Gasteiger partial charge in [-0.25, -0.2) is 10.4 Å². The topological polar surface area (TPSA) is 44.3 Å². The molecule has 2 rings (SSSR count). The van der Waals surface area contributed by atoms with Gasteiger partial charge in [-0.15, -0.1) is 5.10 Å². The van der Waals surface area contributed by atoms with Crippen LogP contribution in [0, 0.1) is 0 Å². The van der Waals surface area contributed by atoms with Crippen molar-refractivity contribution in [3.8, 4) is 0 Å². The molecule has 0 radical (unpaired) electrons. The van der Waals surface area contributed by atoms with Crippen molar-refractivity contribution < 1.29 is 0 Å². The number of rotatable bonds is 3. The number of hydrazine groups is 1. The number of nitrogens with one attached hydrogen (secondary N) is 1. The highest BCUT2D eigenvalue weighted by molar-refractivity contribution is 7.03. The van der Waals surface area contributed by atoms with E-state index in [4.69, 9.17) is 0 Å². The molecule has 78 valence electrons. The van der Waals surface area contributed by atoms with Crippen molar-refractivity contribution in [1.29, 1.82) is 0 Å². The van der Waals surface area contributed by atoms with Crippen molar-refractivity contribution in [1.82, 2.24) is 24.9 Å². The minimum Gasteiger partial charge on any atom is -0.304 e. The zero-order valence-corrected chi connectivity index (χ0v) is 9.13. The van der Waals surface area contributed by atoms with Gasteiger partial charge in [-0.2, -0.15) is 0 Å². The summed E-state index contributed by atoms with van der Waals surface area (Å²) in [7, 11) is 2.15. The zero-order chi connectivity index (χ0) is 9.80. The predicted octanol–water partition coefficient (Wildman–Crippen LogP) is -0.210. The largest absolute Gasteiger partial charge is 0.304 e. The van der Waals surface area contributed by atoms with Gasteiger partial charge >= 0.3 is 0 Å². The lowest BCUT2D eigenvalue weighted by Crippen LogP contribution is -2.50. The summed E-state index contributed by atoms with van der Waals surface area (Å²) in [5.41, 5.74) is 4.38. The number of hydrogen-bond acceptors (Lipinski definition) is 6. The van der Waals surface area contributed by atoms with E-state index in [1.54, 1.807) is 0 Å². The molecular weight excluding hydrogens is 198 g/mol. The summed E-state index contributed by atoms with van der Waals surface area (Å²) in [6.45, 7) is 5.20. The third-order valence-corrected chi connectivity index (χ3v) is 2.95. The van der Waals surface area contributed by atoms with Crippen LogP contribution in [0.5, 0.6) is 0 Å². The molecule has 2 heterocycles. The fraction of sp³-hybridized carbons (Fsp3) is 0.750. The highest BCUT2D eigenvalue weighted by Gasteiger charge is 2.12. The van der Waals surface area contributed by atoms with Crippen LogP contribution < -0.4 is 5.43 Å². The van der Waals surface area contributed by atoms with Gasteiger partial charge in [-0.1, -0.05) is 4.49 Å². The van der Waals surface area contributed by atoms with Gasteiger partial charge in [-0.05, 0) is 18.6 Å². The molecule has 0 atom stereocenters. The van der Waals surface area contributed by atoms with Crippen LogP contribution in [0.3, 0.4) is 0 Å². The Bertz CT molecular complexity index is 255.